The molecule has 6 heteroatoms. The summed E-state index contributed by atoms with van der Waals surface area (Å²) in [5, 5.41) is 5.91. The molecule has 0 aliphatic carbocycles. The molecule has 3 amide bonds. The second-order valence-electron chi connectivity index (χ2n) is 6.14. The molecular weight excluding hydrogens is 294 g/mol. The molecule has 0 radical (unpaired) electrons. The van der Waals surface area contributed by atoms with E-state index in [9.17, 15) is 9.59 Å². The Morgan fingerprint density at radius 2 is 2.26 bits per heavy atom. The Balaban J connectivity index is 1.76. The first-order valence-corrected chi connectivity index (χ1v) is 8.17. The highest BCUT2D eigenvalue weighted by Crippen LogP contribution is 2.30. The van der Waals surface area contributed by atoms with E-state index in [-0.39, 0.29) is 18.0 Å². The number of nitrogens with zero attached hydrogens (tertiary/aromatic N) is 1. The molecule has 1 aromatic rings. The number of nitrogens with one attached hydrogen (secondary N) is 2. The molecule has 1 saturated heterocycles. The van der Waals surface area contributed by atoms with Gasteiger partial charge in [0.15, 0.2) is 0 Å². The van der Waals surface area contributed by atoms with Gasteiger partial charge in [0.25, 0.3) is 0 Å². The molecule has 1 unspecified atom stereocenters. The Bertz CT molecular complexity index is 630. The average molecular weight is 317 g/mol. The zero-order valence-corrected chi connectivity index (χ0v) is 13.6. The molecule has 2 N–H and O–H groups in total. The quantitative estimate of drug-likeness (QED) is 0.880. The number of carbonyl (C=O) groups excluding carboxylic acids is 2. The monoisotopic (exact) mass is 317 g/mol. The second kappa shape index (κ2) is 6.58. The maximum absolute atomic E-state index is 12.6. The van der Waals surface area contributed by atoms with Gasteiger partial charge in [-0.05, 0) is 43.0 Å². The summed E-state index contributed by atoms with van der Waals surface area (Å²) in [6.07, 6.45) is 2.08. The van der Waals surface area contributed by atoms with Gasteiger partial charge in [0.1, 0.15) is 0 Å². The minimum absolute atomic E-state index is 0.0523. The molecule has 0 bridgehead atoms. The third-order valence-electron chi connectivity index (χ3n) is 4.51. The van der Waals surface area contributed by atoms with E-state index in [2.05, 4.69) is 17.6 Å². The average Bonchev–Trinajstić information content (AvgIpc) is 2.55. The number of amides is 3. The van der Waals surface area contributed by atoms with E-state index in [4.69, 9.17) is 4.74 Å². The molecule has 2 aliphatic heterocycles. The lowest BCUT2D eigenvalue weighted by Gasteiger charge is -2.35. The lowest BCUT2D eigenvalue weighted by Crippen LogP contribution is -2.50. The summed E-state index contributed by atoms with van der Waals surface area (Å²) in [6.45, 7) is 5.80. The fourth-order valence-corrected chi connectivity index (χ4v) is 3.21. The maximum atomic E-state index is 12.6. The van der Waals surface area contributed by atoms with Gasteiger partial charge in [-0.1, -0.05) is 6.92 Å². The molecule has 0 saturated carbocycles. The van der Waals surface area contributed by atoms with E-state index < -0.39 is 0 Å². The van der Waals surface area contributed by atoms with E-state index in [1.165, 1.54) is 0 Å². The van der Waals surface area contributed by atoms with E-state index in [1.54, 1.807) is 0 Å². The van der Waals surface area contributed by atoms with Crippen molar-refractivity contribution >= 4 is 23.3 Å². The van der Waals surface area contributed by atoms with Gasteiger partial charge in [-0.3, -0.25) is 4.79 Å². The third kappa shape index (κ3) is 3.32. The highest BCUT2D eigenvalue weighted by atomic mass is 16.5. The van der Waals surface area contributed by atoms with Crippen molar-refractivity contribution in [3.05, 3.63) is 23.3 Å². The van der Waals surface area contributed by atoms with Crippen LogP contribution in [-0.4, -0.2) is 42.6 Å². The molecule has 1 aromatic carbocycles. The summed E-state index contributed by atoms with van der Waals surface area (Å²) in [5.74, 6) is 0.0523. The van der Waals surface area contributed by atoms with Crippen molar-refractivity contribution < 1.29 is 14.3 Å². The van der Waals surface area contributed by atoms with Crippen molar-refractivity contribution in [3.8, 4) is 0 Å². The van der Waals surface area contributed by atoms with Crippen LogP contribution in [0.5, 0.6) is 0 Å². The van der Waals surface area contributed by atoms with Gasteiger partial charge >= 0.3 is 6.03 Å². The zero-order valence-electron chi connectivity index (χ0n) is 13.6. The Hall–Kier alpha value is -2.08. The predicted octanol–water partition coefficient (Wildman–Crippen LogP) is 2.52. The largest absolute Gasteiger partial charge is 0.377 e. The van der Waals surface area contributed by atoms with Crippen LogP contribution in [0.2, 0.25) is 0 Å². The third-order valence-corrected chi connectivity index (χ3v) is 4.51. The predicted molar refractivity (Wildman–Crippen MR) is 88.8 cm³/mol. The van der Waals surface area contributed by atoms with Crippen molar-refractivity contribution in [2.75, 3.05) is 30.4 Å². The smallest absolute Gasteiger partial charge is 0.322 e. The number of carbonyl (C=O) groups is 2. The molecular formula is C17H23N3O3. The molecule has 1 fully saturated rings. The molecule has 2 aliphatic rings. The van der Waals surface area contributed by atoms with Crippen LogP contribution in [0.1, 0.15) is 30.9 Å². The lowest BCUT2D eigenvalue weighted by atomic mass is 9.98. The first-order chi connectivity index (χ1) is 11.1. The van der Waals surface area contributed by atoms with Crippen LogP contribution in [0.25, 0.3) is 0 Å². The van der Waals surface area contributed by atoms with Crippen LogP contribution in [0.4, 0.5) is 16.2 Å². The molecule has 6 nitrogen and oxygen atoms in total. The van der Waals surface area contributed by atoms with Crippen LogP contribution < -0.4 is 10.6 Å². The second-order valence-corrected chi connectivity index (χ2v) is 6.14. The lowest BCUT2D eigenvalue weighted by molar-refractivity contribution is -0.116. The Labute approximate surface area is 136 Å². The highest BCUT2D eigenvalue weighted by molar-refractivity contribution is 5.96. The number of fused-ring (bicyclic) bond motifs is 1. The van der Waals surface area contributed by atoms with Gasteiger partial charge in [-0.15, -0.1) is 0 Å². The maximum Gasteiger partial charge on any atom is 0.322 e. The summed E-state index contributed by atoms with van der Waals surface area (Å²) < 4.78 is 5.45. The molecule has 3 rings (SSSR count). The number of morpholine rings is 1. The van der Waals surface area contributed by atoms with Gasteiger partial charge in [0.05, 0.1) is 19.3 Å². The number of hydrogen-bond acceptors (Lipinski definition) is 3. The standard InChI is InChI=1S/C17H23N3O3/c1-3-14-10-23-7-6-20(14)17(22)18-13-8-11(2)16-12(9-13)4-5-15(21)19-16/h8-9,14H,3-7,10H2,1-2H3,(H,18,22)(H,19,21). The fraction of sp³-hybridized carbons (Fsp3) is 0.529. The number of anilines is 2. The number of rotatable bonds is 2. The van der Waals surface area contributed by atoms with Crippen molar-refractivity contribution in [2.45, 2.75) is 39.2 Å². The van der Waals surface area contributed by atoms with Crippen molar-refractivity contribution in [2.24, 2.45) is 0 Å². The number of ether oxygens (including phenoxy) is 1. The van der Waals surface area contributed by atoms with Gasteiger partial charge in [-0.25, -0.2) is 4.79 Å². The SMILES string of the molecule is CCC1COCCN1C(=O)Nc1cc(C)c2c(c1)CCC(=O)N2. The van der Waals surface area contributed by atoms with Crippen LogP contribution in [0.15, 0.2) is 12.1 Å². The number of urea groups is 1. The molecule has 0 spiro atoms. The van der Waals surface area contributed by atoms with Crippen LogP contribution >= 0.6 is 0 Å². The number of benzene rings is 1. The van der Waals surface area contributed by atoms with Gasteiger partial charge in [0, 0.05) is 24.3 Å². The Morgan fingerprint density at radius 1 is 1.43 bits per heavy atom. The summed E-state index contributed by atoms with van der Waals surface area (Å²) in [4.78, 5) is 25.9. The molecule has 2 heterocycles. The number of aryl methyl sites for hydroxylation is 2. The van der Waals surface area contributed by atoms with Crippen LogP contribution in [-0.2, 0) is 16.0 Å². The van der Waals surface area contributed by atoms with Gasteiger partial charge < -0.3 is 20.3 Å². The van der Waals surface area contributed by atoms with Crippen LogP contribution in [0.3, 0.4) is 0 Å². The minimum atomic E-state index is -0.0839. The summed E-state index contributed by atoms with van der Waals surface area (Å²) in [7, 11) is 0. The Morgan fingerprint density at radius 3 is 3.04 bits per heavy atom. The summed E-state index contributed by atoms with van der Waals surface area (Å²) >= 11 is 0. The Kier molecular flexibility index (Phi) is 4.52. The first-order valence-electron chi connectivity index (χ1n) is 8.17. The molecule has 124 valence electrons. The molecule has 0 aromatic heterocycles. The highest BCUT2D eigenvalue weighted by Gasteiger charge is 2.26. The van der Waals surface area contributed by atoms with E-state index in [0.29, 0.717) is 32.6 Å². The zero-order chi connectivity index (χ0) is 16.4. The van der Waals surface area contributed by atoms with Crippen molar-refractivity contribution in [3.63, 3.8) is 0 Å². The molecule has 1 atom stereocenters. The van der Waals surface area contributed by atoms with E-state index in [1.807, 2.05) is 24.0 Å². The number of hydrogen-bond donors (Lipinski definition) is 2. The normalized spacial score (nSPS) is 20.7. The van der Waals surface area contributed by atoms with E-state index >= 15 is 0 Å². The van der Waals surface area contributed by atoms with E-state index in [0.717, 1.165) is 28.9 Å². The fourth-order valence-electron chi connectivity index (χ4n) is 3.21. The summed E-state index contributed by atoms with van der Waals surface area (Å²) in [6, 6.07) is 3.91. The minimum Gasteiger partial charge on any atom is -0.377 e. The molecule has 23 heavy (non-hydrogen) atoms. The van der Waals surface area contributed by atoms with Crippen molar-refractivity contribution in [1.29, 1.82) is 0 Å². The first kappa shape index (κ1) is 15.8. The topological polar surface area (TPSA) is 70.7 Å². The van der Waals surface area contributed by atoms with Crippen molar-refractivity contribution in [1.82, 2.24) is 4.90 Å². The van der Waals surface area contributed by atoms with Gasteiger partial charge in [0.2, 0.25) is 5.91 Å². The summed E-state index contributed by atoms with van der Waals surface area (Å²) in [5.41, 5.74) is 3.72. The van der Waals surface area contributed by atoms with Gasteiger partial charge in [-0.2, -0.15) is 0 Å². The van der Waals surface area contributed by atoms with Crippen LogP contribution in [0, 0.1) is 6.92 Å².